The van der Waals surface area contributed by atoms with Crippen LogP contribution >= 0.6 is 11.6 Å². The number of fused-ring (bicyclic) bond motifs is 2. The number of ether oxygens (including phenoxy) is 1. The third-order valence-electron chi connectivity index (χ3n) is 4.28. The molecule has 2 aliphatic rings. The molecule has 2 aliphatic heterocycles. The van der Waals surface area contributed by atoms with Gasteiger partial charge < -0.3 is 4.74 Å². The zero-order valence-electron chi connectivity index (χ0n) is 13.6. The summed E-state index contributed by atoms with van der Waals surface area (Å²) in [5.74, 6) is -0.311. The van der Waals surface area contributed by atoms with Crippen molar-refractivity contribution in [3.05, 3.63) is 40.7 Å². The summed E-state index contributed by atoms with van der Waals surface area (Å²) in [7, 11) is 0. The van der Waals surface area contributed by atoms with Crippen LogP contribution in [0.25, 0.3) is 5.57 Å². The predicted molar refractivity (Wildman–Crippen MR) is 88.9 cm³/mol. The lowest BCUT2D eigenvalue weighted by molar-refractivity contribution is 0.0175. The van der Waals surface area contributed by atoms with Gasteiger partial charge in [0, 0.05) is 16.6 Å². The third-order valence-corrected chi connectivity index (χ3v) is 4.51. The van der Waals surface area contributed by atoms with Gasteiger partial charge in [0.15, 0.2) is 0 Å². The molecule has 2 heterocycles. The first-order chi connectivity index (χ1) is 10.7. The van der Waals surface area contributed by atoms with E-state index in [0.29, 0.717) is 17.0 Å². The summed E-state index contributed by atoms with van der Waals surface area (Å²) in [5.41, 5.74) is 1.02. The fourth-order valence-electron chi connectivity index (χ4n) is 3.38. The second-order valence-corrected chi connectivity index (χ2v) is 7.64. The number of nitrogens with zero attached hydrogens (tertiary/aromatic N) is 1. The first-order valence-corrected chi connectivity index (χ1v) is 8.30. The van der Waals surface area contributed by atoms with Crippen molar-refractivity contribution in [3.8, 4) is 0 Å². The van der Waals surface area contributed by atoms with Gasteiger partial charge in [-0.3, -0.25) is 4.90 Å². The molecule has 0 spiro atoms. The normalized spacial score (nSPS) is 23.7. The van der Waals surface area contributed by atoms with Crippen LogP contribution in [0.2, 0.25) is 5.02 Å². The second kappa shape index (κ2) is 5.82. The number of rotatable bonds is 1. The van der Waals surface area contributed by atoms with Crippen molar-refractivity contribution in [3.63, 3.8) is 0 Å². The highest BCUT2D eigenvalue weighted by Gasteiger charge is 2.41. The van der Waals surface area contributed by atoms with E-state index >= 15 is 0 Å². The molecule has 1 aromatic rings. The Morgan fingerprint density at radius 1 is 1.35 bits per heavy atom. The molecule has 0 aliphatic carbocycles. The Labute approximate surface area is 141 Å². The molecule has 2 unspecified atom stereocenters. The monoisotopic (exact) mass is 337 g/mol. The van der Waals surface area contributed by atoms with Crippen LogP contribution in [-0.2, 0) is 4.74 Å². The maximum atomic E-state index is 14.2. The van der Waals surface area contributed by atoms with Gasteiger partial charge in [0.1, 0.15) is 11.4 Å². The van der Waals surface area contributed by atoms with Crippen LogP contribution in [0.3, 0.4) is 0 Å². The molecule has 5 heteroatoms. The molecule has 23 heavy (non-hydrogen) atoms. The van der Waals surface area contributed by atoms with E-state index < -0.39 is 5.60 Å². The molecular weight excluding hydrogens is 317 g/mol. The van der Waals surface area contributed by atoms with E-state index in [1.54, 1.807) is 12.1 Å². The highest BCUT2D eigenvalue weighted by atomic mass is 35.5. The van der Waals surface area contributed by atoms with Crippen LogP contribution < -0.4 is 0 Å². The zero-order valence-corrected chi connectivity index (χ0v) is 14.4. The van der Waals surface area contributed by atoms with Gasteiger partial charge in [-0.25, -0.2) is 9.18 Å². The Morgan fingerprint density at radius 2 is 2.09 bits per heavy atom. The molecule has 3 nitrogen and oxygen atoms in total. The van der Waals surface area contributed by atoms with Crippen LogP contribution in [0.15, 0.2) is 24.3 Å². The maximum absolute atomic E-state index is 14.2. The van der Waals surface area contributed by atoms with Crippen molar-refractivity contribution in [1.29, 1.82) is 0 Å². The van der Waals surface area contributed by atoms with E-state index in [9.17, 15) is 9.18 Å². The van der Waals surface area contributed by atoms with E-state index in [2.05, 4.69) is 0 Å². The molecule has 1 aromatic carbocycles. The summed E-state index contributed by atoms with van der Waals surface area (Å²) in [6.45, 7) is 5.59. The first-order valence-electron chi connectivity index (χ1n) is 7.92. The van der Waals surface area contributed by atoms with Crippen LogP contribution in [-0.4, -0.2) is 28.7 Å². The zero-order chi connectivity index (χ0) is 16.8. The minimum Gasteiger partial charge on any atom is -0.444 e. The number of amides is 1. The molecule has 1 saturated heterocycles. The minimum absolute atomic E-state index is 0.0197. The summed E-state index contributed by atoms with van der Waals surface area (Å²) < 4.78 is 19.7. The Hall–Kier alpha value is -1.55. The lowest BCUT2D eigenvalue weighted by atomic mass is 9.94. The van der Waals surface area contributed by atoms with Gasteiger partial charge in [0.25, 0.3) is 0 Å². The molecule has 0 N–H and O–H groups in total. The molecule has 1 fully saturated rings. The van der Waals surface area contributed by atoms with Crippen molar-refractivity contribution in [2.75, 3.05) is 0 Å². The fraction of sp³-hybridized carbons (Fsp3) is 0.500. The van der Waals surface area contributed by atoms with E-state index in [-0.39, 0.29) is 24.0 Å². The van der Waals surface area contributed by atoms with Crippen LogP contribution in [0, 0.1) is 5.82 Å². The summed E-state index contributed by atoms with van der Waals surface area (Å²) in [6, 6.07) is 4.80. The predicted octanol–water partition coefficient (Wildman–Crippen LogP) is 5.03. The number of carbonyl (C=O) groups is 1. The maximum Gasteiger partial charge on any atom is 0.411 e. The lowest BCUT2D eigenvalue weighted by Crippen LogP contribution is -2.45. The quantitative estimate of drug-likeness (QED) is 0.719. The Morgan fingerprint density at radius 3 is 2.70 bits per heavy atom. The summed E-state index contributed by atoms with van der Waals surface area (Å²) in [6.07, 6.45) is 4.17. The number of hydrogen-bond acceptors (Lipinski definition) is 2. The Balaban J connectivity index is 1.84. The topological polar surface area (TPSA) is 29.5 Å². The van der Waals surface area contributed by atoms with Gasteiger partial charge in [0.05, 0.1) is 6.04 Å². The first kappa shape index (κ1) is 16.3. The number of halogens is 2. The van der Waals surface area contributed by atoms with Gasteiger partial charge in [-0.05, 0) is 57.7 Å². The molecule has 124 valence electrons. The molecule has 0 aromatic heterocycles. The third kappa shape index (κ3) is 3.37. The number of carbonyl (C=O) groups excluding carboxylic acids is 1. The largest absolute Gasteiger partial charge is 0.444 e. The minimum atomic E-state index is -0.511. The van der Waals surface area contributed by atoms with E-state index in [1.807, 2.05) is 31.7 Å². The Kier molecular flexibility index (Phi) is 4.13. The van der Waals surface area contributed by atoms with Crippen molar-refractivity contribution in [2.24, 2.45) is 0 Å². The SMILES string of the molecule is CC(C)(C)OC(=O)N1C2C=C(c3ccc(Cl)cc3F)CC1CC2. The van der Waals surface area contributed by atoms with Crippen molar-refractivity contribution in [2.45, 2.75) is 57.7 Å². The highest BCUT2D eigenvalue weighted by molar-refractivity contribution is 6.30. The number of benzene rings is 1. The standard InChI is InChI=1S/C18H21ClFNO2/c1-18(2,3)23-17(22)21-13-5-6-14(21)9-11(8-13)15-7-4-12(19)10-16(15)20/h4,7-8,10,13-14H,5-6,9H2,1-3H3. The second-order valence-electron chi connectivity index (χ2n) is 7.21. The lowest BCUT2D eigenvalue weighted by Gasteiger charge is -2.35. The molecule has 1 amide bonds. The van der Waals surface area contributed by atoms with Crippen molar-refractivity contribution < 1.29 is 13.9 Å². The summed E-state index contributed by atoms with van der Waals surface area (Å²) in [4.78, 5) is 14.2. The van der Waals surface area contributed by atoms with E-state index in [1.165, 1.54) is 6.07 Å². The molecule has 0 saturated carbocycles. The van der Waals surface area contributed by atoms with Gasteiger partial charge in [0.2, 0.25) is 0 Å². The van der Waals surface area contributed by atoms with Crippen LogP contribution in [0.1, 0.15) is 45.6 Å². The van der Waals surface area contributed by atoms with Gasteiger partial charge in [-0.2, -0.15) is 0 Å². The van der Waals surface area contributed by atoms with E-state index in [0.717, 1.165) is 18.4 Å². The van der Waals surface area contributed by atoms with Crippen LogP contribution in [0.4, 0.5) is 9.18 Å². The molecule has 2 bridgehead atoms. The molecular formula is C18H21ClFNO2. The average molecular weight is 338 g/mol. The smallest absolute Gasteiger partial charge is 0.411 e. The summed E-state index contributed by atoms with van der Waals surface area (Å²) >= 11 is 5.82. The molecule has 2 atom stereocenters. The molecule has 3 rings (SSSR count). The van der Waals surface area contributed by atoms with Crippen molar-refractivity contribution >= 4 is 23.3 Å². The van der Waals surface area contributed by atoms with E-state index in [4.69, 9.17) is 16.3 Å². The molecule has 0 radical (unpaired) electrons. The van der Waals surface area contributed by atoms with Gasteiger partial charge in [-0.15, -0.1) is 0 Å². The summed E-state index contributed by atoms with van der Waals surface area (Å²) in [5, 5.41) is 0.390. The highest BCUT2D eigenvalue weighted by Crippen LogP contribution is 2.40. The van der Waals surface area contributed by atoms with Crippen LogP contribution in [0.5, 0.6) is 0 Å². The van der Waals surface area contributed by atoms with Gasteiger partial charge in [-0.1, -0.05) is 23.7 Å². The average Bonchev–Trinajstić information content (AvgIpc) is 2.68. The van der Waals surface area contributed by atoms with Crippen molar-refractivity contribution in [1.82, 2.24) is 4.90 Å². The Bertz CT molecular complexity index is 665. The van der Waals surface area contributed by atoms with Gasteiger partial charge >= 0.3 is 6.09 Å². The number of hydrogen-bond donors (Lipinski definition) is 0. The fourth-order valence-corrected chi connectivity index (χ4v) is 3.54.